The Kier molecular flexibility index (Phi) is 6.75. The van der Waals surface area contributed by atoms with Gasteiger partial charge in [0.15, 0.2) is 11.0 Å². The van der Waals surface area contributed by atoms with Gasteiger partial charge < -0.3 is 5.32 Å². The topological polar surface area (TPSA) is 133 Å². The van der Waals surface area contributed by atoms with E-state index < -0.39 is 10.0 Å². The van der Waals surface area contributed by atoms with E-state index in [0.717, 1.165) is 5.69 Å². The molecule has 0 bridgehead atoms. The third kappa shape index (κ3) is 5.57. The fourth-order valence-electron chi connectivity index (χ4n) is 2.90. The summed E-state index contributed by atoms with van der Waals surface area (Å²) in [5.74, 6) is 0.276. The number of pyridine rings is 1. The molecule has 4 rings (SSSR count). The highest BCUT2D eigenvalue weighted by Gasteiger charge is 2.18. The largest absolute Gasteiger partial charge is 0.325 e. The van der Waals surface area contributed by atoms with Crippen LogP contribution in [-0.2, 0) is 14.8 Å². The van der Waals surface area contributed by atoms with Crippen molar-refractivity contribution >= 4 is 45.0 Å². The Morgan fingerprint density at radius 2 is 1.76 bits per heavy atom. The number of carbonyl (C=O) groups is 1. The minimum absolute atomic E-state index is 0.0343. The number of nitrogens with one attached hydrogen (secondary N) is 1. The predicted molar refractivity (Wildman–Crippen MR) is 127 cm³/mol. The van der Waals surface area contributed by atoms with Gasteiger partial charge in [-0.1, -0.05) is 29.4 Å². The molecule has 12 heteroatoms. The normalized spacial score (nSPS) is 11.3. The molecule has 33 heavy (non-hydrogen) atoms. The van der Waals surface area contributed by atoms with Crippen LogP contribution in [0.2, 0.25) is 5.02 Å². The first-order valence-corrected chi connectivity index (χ1v) is 12.4. The molecule has 2 aromatic heterocycles. The van der Waals surface area contributed by atoms with Crippen molar-refractivity contribution in [1.29, 1.82) is 0 Å². The SMILES string of the molecule is NS(=O)(=O)c1ccc(NC(=O)CSc2nnc(-c3ccccn3)n2-c2ccc(Cl)cc2)cc1. The summed E-state index contributed by atoms with van der Waals surface area (Å²) in [6.07, 6.45) is 1.66. The lowest BCUT2D eigenvalue weighted by molar-refractivity contribution is -0.113. The van der Waals surface area contributed by atoms with E-state index in [-0.39, 0.29) is 16.6 Å². The number of nitrogens with zero attached hydrogens (tertiary/aromatic N) is 4. The third-order valence-corrected chi connectivity index (χ3v) is 6.52. The molecule has 3 N–H and O–H groups in total. The minimum atomic E-state index is -3.80. The van der Waals surface area contributed by atoms with Crippen molar-refractivity contribution in [2.24, 2.45) is 5.14 Å². The molecule has 0 atom stereocenters. The molecule has 0 aliphatic heterocycles. The van der Waals surface area contributed by atoms with Crippen molar-refractivity contribution in [2.45, 2.75) is 10.1 Å². The van der Waals surface area contributed by atoms with E-state index in [9.17, 15) is 13.2 Å². The van der Waals surface area contributed by atoms with E-state index >= 15 is 0 Å². The van der Waals surface area contributed by atoms with E-state index in [1.165, 1.54) is 36.0 Å². The number of rotatable bonds is 7. The van der Waals surface area contributed by atoms with E-state index in [0.29, 0.717) is 27.4 Å². The molecule has 2 heterocycles. The molecule has 2 aromatic carbocycles. The number of hydrogen-bond acceptors (Lipinski definition) is 7. The van der Waals surface area contributed by atoms with Crippen LogP contribution in [0.1, 0.15) is 0 Å². The van der Waals surface area contributed by atoms with Crippen molar-refractivity contribution in [2.75, 3.05) is 11.1 Å². The van der Waals surface area contributed by atoms with Crippen LogP contribution in [0.4, 0.5) is 5.69 Å². The monoisotopic (exact) mass is 500 g/mol. The molecule has 4 aromatic rings. The molecular weight excluding hydrogens is 484 g/mol. The molecule has 0 aliphatic carbocycles. The van der Waals surface area contributed by atoms with Gasteiger partial charge in [0.2, 0.25) is 15.9 Å². The van der Waals surface area contributed by atoms with Crippen LogP contribution < -0.4 is 10.5 Å². The molecule has 0 saturated heterocycles. The van der Waals surface area contributed by atoms with Gasteiger partial charge in [0.1, 0.15) is 5.69 Å². The molecule has 0 unspecified atom stereocenters. The number of amides is 1. The molecule has 1 amide bonds. The maximum Gasteiger partial charge on any atom is 0.238 e. The van der Waals surface area contributed by atoms with E-state index in [2.05, 4.69) is 20.5 Å². The number of halogens is 1. The van der Waals surface area contributed by atoms with Crippen molar-refractivity contribution in [3.63, 3.8) is 0 Å². The summed E-state index contributed by atoms with van der Waals surface area (Å²) in [4.78, 5) is 16.8. The highest BCUT2D eigenvalue weighted by atomic mass is 35.5. The van der Waals surface area contributed by atoms with Crippen LogP contribution in [-0.4, -0.2) is 39.8 Å². The fraction of sp³-hybridized carbons (Fsp3) is 0.0476. The van der Waals surface area contributed by atoms with Gasteiger partial charge in [-0.15, -0.1) is 10.2 Å². The second-order valence-corrected chi connectivity index (χ2v) is 9.68. The number of primary sulfonamides is 1. The highest BCUT2D eigenvalue weighted by molar-refractivity contribution is 7.99. The van der Waals surface area contributed by atoms with Crippen LogP contribution in [0.5, 0.6) is 0 Å². The third-order valence-electron chi connectivity index (χ3n) is 4.41. The van der Waals surface area contributed by atoms with E-state index in [1.54, 1.807) is 22.9 Å². The molecule has 9 nitrogen and oxygen atoms in total. The maximum absolute atomic E-state index is 12.5. The quantitative estimate of drug-likeness (QED) is 0.372. The summed E-state index contributed by atoms with van der Waals surface area (Å²) in [6, 6.07) is 18.2. The Balaban J connectivity index is 1.54. The van der Waals surface area contributed by atoms with Crippen LogP contribution in [0.15, 0.2) is 83.0 Å². The Labute approximate surface area is 199 Å². The molecule has 0 saturated carbocycles. The Morgan fingerprint density at radius 3 is 2.39 bits per heavy atom. The summed E-state index contributed by atoms with van der Waals surface area (Å²) >= 11 is 7.23. The summed E-state index contributed by atoms with van der Waals surface area (Å²) in [7, 11) is -3.80. The zero-order valence-electron chi connectivity index (χ0n) is 16.9. The Hall–Kier alpha value is -3.25. The highest BCUT2D eigenvalue weighted by Crippen LogP contribution is 2.28. The molecule has 168 valence electrons. The first-order chi connectivity index (χ1) is 15.8. The summed E-state index contributed by atoms with van der Waals surface area (Å²) in [6.45, 7) is 0. The minimum Gasteiger partial charge on any atom is -0.325 e. The number of sulfonamides is 1. The fourth-order valence-corrected chi connectivity index (χ4v) is 4.30. The summed E-state index contributed by atoms with van der Waals surface area (Å²) in [5, 5.41) is 17.4. The van der Waals surface area contributed by atoms with E-state index in [1.807, 2.05) is 30.3 Å². The molecule has 0 aliphatic rings. The van der Waals surface area contributed by atoms with Gasteiger partial charge in [0.25, 0.3) is 0 Å². The molecule has 0 radical (unpaired) electrons. The average molecular weight is 501 g/mol. The second-order valence-electron chi connectivity index (χ2n) is 6.74. The van der Waals surface area contributed by atoms with Crippen molar-refractivity contribution in [3.8, 4) is 17.2 Å². The Morgan fingerprint density at radius 1 is 1.03 bits per heavy atom. The van der Waals surface area contributed by atoms with Gasteiger partial charge in [-0.05, 0) is 60.7 Å². The van der Waals surface area contributed by atoms with Crippen LogP contribution in [0.25, 0.3) is 17.2 Å². The van der Waals surface area contributed by atoms with Gasteiger partial charge in [0, 0.05) is 22.6 Å². The maximum atomic E-state index is 12.5. The van der Waals surface area contributed by atoms with Crippen molar-refractivity contribution < 1.29 is 13.2 Å². The number of thioether (sulfide) groups is 1. The number of anilines is 1. The van der Waals surface area contributed by atoms with Gasteiger partial charge >= 0.3 is 0 Å². The lowest BCUT2D eigenvalue weighted by atomic mass is 10.3. The zero-order chi connectivity index (χ0) is 23.4. The smallest absolute Gasteiger partial charge is 0.238 e. The van der Waals surface area contributed by atoms with Crippen LogP contribution in [0.3, 0.4) is 0 Å². The van der Waals surface area contributed by atoms with Crippen LogP contribution >= 0.6 is 23.4 Å². The predicted octanol–water partition coefficient (Wildman–Crippen LogP) is 3.36. The number of nitrogens with two attached hydrogens (primary N) is 1. The number of carbonyl (C=O) groups excluding carboxylic acids is 1. The lowest BCUT2D eigenvalue weighted by Crippen LogP contribution is -2.15. The molecular formula is C21H17ClN6O3S2. The lowest BCUT2D eigenvalue weighted by Gasteiger charge is -2.10. The van der Waals surface area contributed by atoms with Crippen LogP contribution in [0, 0.1) is 0 Å². The van der Waals surface area contributed by atoms with Crippen molar-refractivity contribution in [3.05, 3.63) is 77.9 Å². The average Bonchev–Trinajstić information content (AvgIpc) is 3.22. The molecule has 0 fully saturated rings. The van der Waals surface area contributed by atoms with Gasteiger partial charge in [0.05, 0.1) is 10.6 Å². The number of benzene rings is 2. The van der Waals surface area contributed by atoms with Crippen molar-refractivity contribution in [1.82, 2.24) is 19.7 Å². The summed E-state index contributed by atoms with van der Waals surface area (Å²) in [5.41, 5.74) is 1.85. The van der Waals surface area contributed by atoms with Gasteiger partial charge in [-0.3, -0.25) is 14.3 Å². The van der Waals surface area contributed by atoms with Gasteiger partial charge in [-0.25, -0.2) is 13.6 Å². The zero-order valence-corrected chi connectivity index (χ0v) is 19.3. The summed E-state index contributed by atoms with van der Waals surface area (Å²) < 4.78 is 24.5. The number of aromatic nitrogens is 4. The second kappa shape index (κ2) is 9.71. The van der Waals surface area contributed by atoms with Gasteiger partial charge in [-0.2, -0.15) is 0 Å². The number of hydrogen-bond donors (Lipinski definition) is 2. The standard InChI is InChI=1S/C21H17ClN6O3S2/c22-14-4-8-16(9-5-14)28-20(18-3-1-2-12-24-18)26-27-21(28)32-13-19(29)25-15-6-10-17(11-7-15)33(23,30)31/h1-12H,13H2,(H,25,29)(H2,23,30,31). The van der Waals surface area contributed by atoms with E-state index in [4.69, 9.17) is 16.7 Å². The Bertz CT molecular complexity index is 1380. The molecule has 0 spiro atoms. The first-order valence-electron chi connectivity index (χ1n) is 9.49. The first kappa shape index (κ1) is 22.9.